The molecular weight excluding hydrogens is 392 g/mol. The number of aryl methyl sites for hydroxylation is 3. The Bertz CT molecular complexity index is 1390. The average molecular weight is 412 g/mol. The van der Waals surface area contributed by atoms with Crippen molar-refractivity contribution in [2.24, 2.45) is 7.05 Å². The summed E-state index contributed by atoms with van der Waals surface area (Å²) >= 11 is 0. The number of carbonyl (C=O) groups is 2. The molecule has 7 nitrogen and oxygen atoms in total. The Kier molecular flexibility index (Phi) is 4.15. The van der Waals surface area contributed by atoms with Crippen LogP contribution in [0.4, 0.5) is 5.69 Å². The molecule has 0 unspecified atom stereocenters. The van der Waals surface area contributed by atoms with E-state index in [4.69, 9.17) is 4.74 Å². The summed E-state index contributed by atoms with van der Waals surface area (Å²) in [6, 6.07) is 13.0. The summed E-state index contributed by atoms with van der Waals surface area (Å²) in [4.78, 5) is 32.4. The summed E-state index contributed by atoms with van der Waals surface area (Å²) in [6.45, 7) is 3.95. The molecule has 154 valence electrons. The van der Waals surface area contributed by atoms with E-state index >= 15 is 0 Å². The standard InChI is InChI=1S/C24H20N4O3/c1-13-5-8-16(11-14(13)2)28-23(29)18-12-25-22-20(19(18)24(28)30)21(26-27(22)3)15-6-9-17(31-4)10-7-15/h5-12H,1-4H3. The van der Waals surface area contributed by atoms with E-state index in [0.717, 1.165) is 22.4 Å². The topological polar surface area (TPSA) is 77.3 Å². The third-order valence-electron chi connectivity index (χ3n) is 5.81. The summed E-state index contributed by atoms with van der Waals surface area (Å²) in [5.74, 6) is -0.0138. The van der Waals surface area contributed by atoms with Crippen molar-refractivity contribution in [3.05, 3.63) is 70.9 Å². The first-order valence-electron chi connectivity index (χ1n) is 9.87. The Morgan fingerprint density at radius 1 is 0.935 bits per heavy atom. The normalized spacial score (nSPS) is 13.2. The highest BCUT2D eigenvalue weighted by atomic mass is 16.5. The zero-order valence-electron chi connectivity index (χ0n) is 17.6. The van der Waals surface area contributed by atoms with E-state index in [-0.39, 0.29) is 11.8 Å². The first kappa shape index (κ1) is 19.0. The van der Waals surface area contributed by atoms with Crippen LogP contribution in [0.25, 0.3) is 22.3 Å². The van der Waals surface area contributed by atoms with Crippen molar-refractivity contribution in [1.29, 1.82) is 0 Å². The van der Waals surface area contributed by atoms with Crippen molar-refractivity contribution in [1.82, 2.24) is 14.8 Å². The van der Waals surface area contributed by atoms with E-state index in [2.05, 4.69) is 10.1 Å². The molecule has 4 aromatic rings. The van der Waals surface area contributed by atoms with Crippen LogP contribution < -0.4 is 9.64 Å². The fraction of sp³-hybridized carbons (Fsp3) is 0.167. The molecule has 0 N–H and O–H groups in total. The van der Waals surface area contributed by atoms with Crippen LogP contribution in [0.3, 0.4) is 0 Å². The molecule has 7 heteroatoms. The first-order chi connectivity index (χ1) is 14.9. The molecule has 0 aliphatic carbocycles. The van der Waals surface area contributed by atoms with Crippen LogP contribution in [0.1, 0.15) is 31.8 Å². The van der Waals surface area contributed by atoms with Gasteiger partial charge < -0.3 is 4.74 Å². The first-order valence-corrected chi connectivity index (χ1v) is 9.87. The van der Waals surface area contributed by atoms with Gasteiger partial charge in [0.05, 0.1) is 29.3 Å². The van der Waals surface area contributed by atoms with E-state index in [1.807, 2.05) is 50.2 Å². The number of hydrogen-bond acceptors (Lipinski definition) is 5. The number of imide groups is 1. The number of amides is 2. The Balaban J connectivity index is 1.72. The Hall–Kier alpha value is -4.00. The molecule has 0 saturated carbocycles. The van der Waals surface area contributed by atoms with Gasteiger partial charge in [-0.05, 0) is 61.4 Å². The van der Waals surface area contributed by atoms with Crippen molar-refractivity contribution < 1.29 is 14.3 Å². The van der Waals surface area contributed by atoms with Crippen molar-refractivity contribution in [3.63, 3.8) is 0 Å². The zero-order valence-corrected chi connectivity index (χ0v) is 17.6. The highest BCUT2D eigenvalue weighted by Crippen LogP contribution is 2.37. The van der Waals surface area contributed by atoms with Crippen molar-refractivity contribution >= 4 is 28.5 Å². The fourth-order valence-electron chi connectivity index (χ4n) is 3.98. The lowest BCUT2D eigenvalue weighted by Crippen LogP contribution is -2.29. The molecule has 3 heterocycles. The molecule has 0 saturated heterocycles. The number of hydrogen-bond donors (Lipinski definition) is 0. The molecule has 0 spiro atoms. The van der Waals surface area contributed by atoms with Crippen molar-refractivity contribution in [3.8, 4) is 17.0 Å². The van der Waals surface area contributed by atoms with Crippen LogP contribution in [0.2, 0.25) is 0 Å². The third-order valence-corrected chi connectivity index (χ3v) is 5.81. The van der Waals surface area contributed by atoms with E-state index in [1.54, 1.807) is 24.9 Å². The van der Waals surface area contributed by atoms with Crippen LogP contribution >= 0.6 is 0 Å². The predicted octanol–water partition coefficient (Wildman–Crippen LogP) is 4.06. The molecule has 2 aromatic carbocycles. The van der Waals surface area contributed by atoms with E-state index in [9.17, 15) is 9.59 Å². The molecule has 0 fully saturated rings. The SMILES string of the molecule is COc1ccc(-c2nn(C)c3ncc4c(c23)C(=O)N(c2ccc(C)c(C)c2)C4=O)cc1. The third kappa shape index (κ3) is 2.73. The highest BCUT2D eigenvalue weighted by Gasteiger charge is 2.40. The number of fused-ring (bicyclic) bond motifs is 3. The van der Waals surface area contributed by atoms with Gasteiger partial charge in [0.25, 0.3) is 11.8 Å². The molecule has 0 bridgehead atoms. The second kappa shape index (κ2) is 6.77. The Labute approximate surface area is 178 Å². The number of aromatic nitrogens is 3. The second-order valence-corrected chi connectivity index (χ2v) is 7.66. The lowest BCUT2D eigenvalue weighted by atomic mass is 10.0. The average Bonchev–Trinajstić information content (AvgIpc) is 3.24. The van der Waals surface area contributed by atoms with Gasteiger partial charge in [0.15, 0.2) is 5.65 Å². The number of carbonyl (C=O) groups excluding carboxylic acids is 2. The maximum atomic E-state index is 13.5. The van der Waals surface area contributed by atoms with Gasteiger partial charge in [0.2, 0.25) is 0 Å². The summed E-state index contributed by atoms with van der Waals surface area (Å²) in [6.07, 6.45) is 1.47. The van der Waals surface area contributed by atoms with Crippen LogP contribution in [-0.4, -0.2) is 33.7 Å². The molecule has 1 aliphatic heterocycles. The minimum absolute atomic E-state index is 0.290. The minimum atomic E-state index is -0.373. The zero-order chi connectivity index (χ0) is 21.9. The molecule has 0 radical (unpaired) electrons. The smallest absolute Gasteiger partial charge is 0.267 e. The van der Waals surface area contributed by atoms with Gasteiger partial charge in [0, 0.05) is 18.8 Å². The van der Waals surface area contributed by atoms with Crippen molar-refractivity contribution in [2.75, 3.05) is 12.0 Å². The fourth-order valence-corrected chi connectivity index (χ4v) is 3.98. The number of ether oxygens (including phenoxy) is 1. The van der Waals surface area contributed by atoms with Crippen molar-refractivity contribution in [2.45, 2.75) is 13.8 Å². The van der Waals surface area contributed by atoms with Gasteiger partial charge in [-0.25, -0.2) is 14.6 Å². The quantitative estimate of drug-likeness (QED) is 0.474. The van der Waals surface area contributed by atoms with Gasteiger partial charge in [-0.1, -0.05) is 6.07 Å². The second-order valence-electron chi connectivity index (χ2n) is 7.66. The Morgan fingerprint density at radius 3 is 2.35 bits per heavy atom. The number of rotatable bonds is 3. The molecular formula is C24H20N4O3. The summed E-state index contributed by atoms with van der Waals surface area (Å²) < 4.78 is 6.87. The Morgan fingerprint density at radius 2 is 1.68 bits per heavy atom. The maximum Gasteiger partial charge on any atom is 0.267 e. The number of benzene rings is 2. The molecule has 5 rings (SSSR count). The van der Waals surface area contributed by atoms with Gasteiger partial charge >= 0.3 is 0 Å². The summed E-state index contributed by atoms with van der Waals surface area (Å²) in [7, 11) is 3.38. The maximum absolute atomic E-state index is 13.5. The number of methoxy groups -OCH3 is 1. The van der Waals surface area contributed by atoms with Crippen LogP contribution in [0, 0.1) is 13.8 Å². The largest absolute Gasteiger partial charge is 0.497 e. The summed E-state index contributed by atoms with van der Waals surface area (Å²) in [5.41, 5.74) is 5.26. The van der Waals surface area contributed by atoms with E-state index < -0.39 is 0 Å². The number of pyridine rings is 1. The lowest BCUT2D eigenvalue weighted by Gasteiger charge is -2.15. The molecule has 1 aliphatic rings. The number of anilines is 1. The lowest BCUT2D eigenvalue weighted by molar-refractivity contribution is 0.0926. The van der Waals surface area contributed by atoms with E-state index in [0.29, 0.717) is 33.5 Å². The highest BCUT2D eigenvalue weighted by molar-refractivity contribution is 6.38. The van der Waals surface area contributed by atoms with Crippen LogP contribution in [0.5, 0.6) is 5.75 Å². The monoisotopic (exact) mass is 412 g/mol. The minimum Gasteiger partial charge on any atom is -0.497 e. The van der Waals surface area contributed by atoms with Gasteiger partial charge in [-0.2, -0.15) is 5.10 Å². The van der Waals surface area contributed by atoms with Gasteiger partial charge in [0.1, 0.15) is 11.4 Å². The van der Waals surface area contributed by atoms with Gasteiger partial charge in [-0.3, -0.25) is 9.59 Å². The van der Waals surface area contributed by atoms with Crippen LogP contribution in [-0.2, 0) is 7.05 Å². The molecule has 2 amide bonds. The number of nitrogens with zero attached hydrogens (tertiary/aromatic N) is 4. The predicted molar refractivity (Wildman–Crippen MR) is 118 cm³/mol. The molecule has 31 heavy (non-hydrogen) atoms. The molecule has 0 atom stereocenters. The van der Waals surface area contributed by atoms with E-state index in [1.165, 1.54) is 11.1 Å². The van der Waals surface area contributed by atoms with Crippen LogP contribution in [0.15, 0.2) is 48.7 Å². The summed E-state index contributed by atoms with van der Waals surface area (Å²) in [5, 5.41) is 5.19. The molecule has 2 aromatic heterocycles. The van der Waals surface area contributed by atoms with Gasteiger partial charge in [-0.15, -0.1) is 0 Å².